The van der Waals surface area contributed by atoms with Crippen LogP contribution in [0.3, 0.4) is 0 Å². The van der Waals surface area contributed by atoms with Crippen LogP contribution in [0.15, 0.2) is 29.2 Å². The van der Waals surface area contributed by atoms with E-state index < -0.39 is 23.3 Å². The van der Waals surface area contributed by atoms with Crippen LogP contribution in [0, 0.1) is 11.8 Å². The van der Waals surface area contributed by atoms with E-state index in [4.69, 9.17) is 4.74 Å². The Morgan fingerprint density at radius 2 is 2.04 bits per heavy atom. The van der Waals surface area contributed by atoms with Crippen LogP contribution in [0.25, 0.3) is 0 Å². The number of hydrogen-bond acceptors (Lipinski definition) is 7. The number of hydrogen-bond donors (Lipinski definition) is 3. The summed E-state index contributed by atoms with van der Waals surface area (Å²) in [6, 6.07) is 7.74. The molecule has 0 aliphatic carbocycles. The normalized spacial score (nSPS) is 23.4. The standard InChI is InChI=1S/C18H23N3O4S2/c1-10(2)9-25-18(24)21-14(22)11-7-8-26-16(11)20-15(23)17-19-12-5-3-4-6-13(12)27-17/h3-6,10-11,16-17,19H,7-9H2,1-2H3,(H,20,23)(H,21,22,24). The maximum Gasteiger partial charge on any atom is 0.413 e. The predicted octanol–water partition coefficient (Wildman–Crippen LogP) is 2.63. The van der Waals surface area contributed by atoms with E-state index in [-0.39, 0.29) is 23.8 Å². The summed E-state index contributed by atoms with van der Waals surface area (Å²) in [5, 5.41) is 7.61. The molecule has 2 aliphatic heterocycles. The molecule has 3 unspecified atom stereocenters. The van der Waals surface area contributed by atoms with Crippen LogP contribution in [0.1, 0.15) is 20.3 Å². The number of anilines is 1. The molecule has 3 N–H and O–H groups in total. The number of thioether (sulfide) groups is 2. The predicted molar refractivity (Wildman–Crippen MR) is 107 cm³/mol. The van der Waals surface area contributed by atoms with Gasteiger partial charge < -0.3 is 15.4 Å². The Hall–Kier alpha value is -1.87. The molecule has 3 rings (SSSR count). The summed E-state index contributed by atoms with van der Waals surface area (Å²) in [6.07, 6.45) is -0.135. The molecular weight excluding hydrogens is 386 g/mol. The lowest BCUT2D eigenvalue weighted by atomic mass is 10.1. The van der Waals surface area contributed by atoms with Crippen LogP contribution < -0.4 is 16.0 Å². The van der Waals surface area contributed by atoms with E-state index >= 15 is 0 Å². The minimum Gasteiger partial charge on any atom is -0.449 e. The van der Waals surface area contributed by atoms with Gasteiger partial charge in [-0.1, -0.05) is 37.7 Å². The van der Waals surface area contributed by atoms with Gasteiger partial charge in [0.05, 0.1) is 17.9 Å². The highest BCUT2D eigenvalue weighted by Gasteiger charge is 2.38. The Kier molecular flexibility index (Phi) is 6.54. The molecule has 1 aromatic carbocycles. The number of benzene rings is 1. The minimum atomic E-state index is -0.737. The lowest BCUT2D eigenvalue weighted by molar-refractivity contribution is -0.125. The van der Waals surface area contributed by atoms with Crippen molar-refractivity contribution in [2.24, 2.45) is 11.8 Å². The molecule has 146 valence electrons. The van der Waals surface area contributed by atoms with Gasteiger partial charge in [-0.15, -0.1) is 11.8 Å². The van der Waals surface area contributed by atoms with E-state index in [1.54, 1.807) is 0 Å². The number of amides is 3. The number of rotatable bonds is 5. The van der Waals surface area contributed by atoms with E-state index in [2.05, 4.69) is 16.0 Å². The molecule has 0 spiro atoms. The number of para-hydroxylation sites is 1. The molecule has 1 saturated heterocycles. The highest BCUT2D eigenvalue weighted by Crippen LogP contribution is 2.38. The minimum absolute atomic E-state index is 0.171. The summed E-state index contributed by atoms with van der Waals surface area (Å²) in [7, 11) is 0. The number of fused-ring (bicyclic) bond motifs is 1. The van der Waals surface area contributed by atoms with Gasteiger partial charge in [0.15, 0.2) is 5.37 Å². The van der Waals surface area contributed by atoms with Gasteiger partial charge in [-0.3, -0.25) is 14.9 Å². The van der Waals surface area contributed by atoms with Crippen LogP contribution in [0.5, 0.6) is 0 Å². The summed E-state index contributed by atoms with van der Waals surface area (Å²) >= 11 is 2.96. The van der Waals surface area contributed by atoms with Gasteiger partial charge in [-0.05, 0) is 30.2 Å². The third-order valence-electron chi connectivity index (χ3n) is 4.14. The first-order valence-corrected chi connectivity index (χ1v) is 10.8. The fraction of sp³-hybridized carbons (Fsp3) is 0.500. The van der Waals surface area contributed by atoms with E-state index in [0.29, 0.717) is 6.42 Å². The largest absolute Gasteiger partial charge is 0.449 e. The van der Waals surface area contributed by atoms with Gasteiger partial charge in [-0.2, -0.15) is 0 Å². The van der Waals surface area contributed by atoms with Crippen LogP contribution in [0.2, 0.25) is 0 Å². The Morgan fingerprint density at radius 1 is 1.26 bits per heavy atom. The molecule has 0 radical (unpaired) electrons. The smallest absolute Gasteiger partial charge is 0.413 e. The molecule has 3 atom stereocenters. The van der Waals surface area contributed by atoms with Crippen molar-refractivity contribution in [2.45, 2.75) is 35.9 Å². The number of nitrogens with one attached hydrogen (secondary N) is 3. The summed E-state index contributed by atoms with van der Waals surface area (Å²) in [5.41, 5.74) is 0.934. The van der Waals surface area contributed by atoms with Crippen molar-refractivity contribution in [3.05, 3.63) is 24.3 Å². The molecule has 2 heterocycles. The van der Waals surface area contributed by atoms with Crippen molar-refractivity contribution < 1.29 is 19.1 Å². The van der Waals surface area contributed by atoms with Crippen molar-refractivity contribution in [3.8, 4) is 0 Å². The average molecular weight is 410 g/mol. The van der Waals surface area contributed by atoms with E-state index in [9.17, 15) is 14.4 Å². The van der Waals surface area contributed by atoms with Gasteiger partial charge in [0.25, 0.3) is 5.91 Å². The molecule has 27 heavy (non-hydrogen) atoms. The lowest BCUT2D eigenvalue weighted by Gasteiger charge is -2.21. The molecule has 0 saturated carbocycles. The molecule has 1 fully saturated rings. The highest BCUT2D eigenvalue weighted by molar-refractivity contribution is 8.01. The number of carbonyl (C=O) groups is 3. The summed E-state index contributed by atoms with van der Waals surface area (Å²) in [5.74, 6) is -0.0971. The lowest BCUT2D eigenvalue weighted by Crippen LogP contribution is -2.47. The molecule has 3 amide bonds. The SMILES string of the molecule is CC(C)COC(=O)NC(=O)C1CCSC1NC(=O)C1Nc2ccccc2S1. The topological polar surface area (TPSA) is 96.5 Å². The van der Waals surface area contributed by atoms with Crippen LogP contribution in [-0.2, 0) is 14.3 Å². The third kappa shape index (κ3) is 5.10. The maximum absolute atomic E-state index is 12.6. The van der Waals surface area contributed by atoms with Gasteiger partial charge in [0.2, 0.25) is 5.91 Å². The molecule has 1 aromatic rings. The first kappa shape index (κ1) is 19.9. The first-order chi connectivity index (χ1) is 12.9. The second-order valence-electron chi connectivity index (χ2n) is 6.82. The van der Waals surface area contributed by atoms with E-state index in [0.717, 1.165) is 16.3 Å². The zero-order valence-corrected chi connectivity index (χ0v) is 16.8. The van der Waals surface area contributed by atoms with Crippen molar-refractivity contribution in [1.29, 1.82) is 0 Å². The zero-order valence-electron chi connectivity index (χ0n) is 15.2. The average Bonchev–Trinajstić information content (AvgIpc) is 3.26. The fourth-order valence-electron chi connectivity index (χ4n) is 2.79. The van der Waals surface area contributed by atoms with Crippen molar-refractivity contribution in [3.63, 3.8) is 0 Å². The Labute approximate surface area is 166 Å². The van der Waals surface area contributed by atoms with E-state index in [1.807, 2.05) is 38.1 Å². The van der Waals surface area contributed by atoms with Crippen molar-refractivity contribution in [1.82, 2.24) is 10.6 Å². The molecule has 7 nitrogen and oxygen atoms in total. The Morgan fingerprint density at radius 3 is 2.78 bits per heavy atom. The quantitative estimate of drug-likeness (QED) is 0.688. The molecule has 2 aliphatic rings. The molecular formula is C18H23N3O4S2. The van der Waals surface area contributed by atoms with Gasteiger partial charge in [0, 0.05) is 10.6 Å². The maximum atomic E-state index is 12.6. The summed E-state index contributed by atoms with van der Waals surface area (Å²) in [6.45, 7) is 4.09. The van der Waals surface area contributed by atoms with Gasteiger partial charge in [-0.25, -0.2) is 4.79 Å². The molecule has 9 heteroatoms. The summed E-state index contributed by atoms with van der Waals surface area (Å²) in [4.78, 5) is 37.7. The number of imide groups is 1. The Bertz CT molecular complexity index is 703. The fourth-order valence-corrected chi connectivity index (χ4v) is 5.15. The number of ether oxygens (including phenoxy) is 1. The number of carbonyl (C=O) groups excluding carboxylic acids is 3. The number of alkyl carbamates (subject to hydrolysis) is 1. The third-order valence-corrected chi connectivity index (χ3v) is 6.60. The van der Waals surface area contributed by atoms with Gasteiger partial charge in [0.1, 0.15) is 0 Å². The first-order valence-electron chi connectivity index (χ1n) is 8.86. The van der Waals surface area contributed by atoms with Crippen molar-refractivity contribution >= 4 is 47.1 Å². The van der Waals surface area contributed by atoms with Crippen LogP contribution in [0.4, 0.5) is 10.5 Å². The molecule has 0 bridgehead atoms. The summed E-state index contributed by atoms with van der Waals surface area (Å²) < 4.78 is 4.99. The van der Waals surface area contributed by atoms with Crippen LogP contribution >= 0.6 is 23.5 Å². The monoisotopic (exact) mass is 409 g/mol. The second kappa shape index (κ2) is 8.88. The van der Waals surface area contributed by atoms with Gasteiger partial charge >= 0.3 is 6.09 Å². The zero-order chi connectivity index (χ0) is 19.4. The van der Waals surface area contributed by atoms with E-state index in [1.165, 1.54) is 23.5 Å². The molecule has 0 aromatic heterocycles. The Balaban J connectivity index is 1.51. The highest BCUT2D eigenvalue weighted by atomic mass is 32.2. The second-order valence-corrected chi connectivity index (χ2v) is 9.21. The van der Waals surface area contributed by atoms with Crippen molar-refractivity contribution in [2.75, 3.05) is 17.7 Å². The van der Waals surface area contributed by atoms with Crippen LogP contribution in [-0.4, -0.2) is 41.0 Å².